The van der Waals surface area contributed by atoms with Gasteiger partial charge < -0.3 is 9.30 Å². The lowest BCUT2D eigenvalue weighted by atomic mass is 10.1. The number of aromatic nitrogens is 4. The van der Waals surface area contributed by atoms with Gasteiger partial charge in [-0.1, -0.05) is 48.0 Å². The number of para-hydroxylation sites is 1. The lowest BCUT2D eigenvalue weighted by Crippen LogP contribution is -2.22. The molecule has 0 spiro atoms. The molecule has 3 heterocycles. The number of rotatable bonds is 6. The van der Waals surface area contributed by atoms with Gasteiger partial charge in [0.05, 0.1) is 22.5 Å². The highest BCUT2D eigenvalue weighted by Gasteiger charge is 2.16. The number of methoxy groups -OCH3 is 1. The average molecular weight is 457 g/mol. The van der Waals surface area contributed by atoms with Crippen molar-refractivity contribution in [1.29, 1.82) is 0 Å². The zero-order valence-corrected chi connectivity index (χ0v) is 18.7. The summed E-state index contributed by atoms with van der Waals surface area (Å²) in [5, 5.41) is 1.04. The zero-order valence-electron chi connectivity index (χ0n) is 18.0. The second-order valence-corrected chi connectivity index (χ2v) is 8.02. The van der Waals surface area contributed by atoms with Crippen molar-refractivity contribution in [3.8, 4) is 28.5 Å². The van der Waals surface area contributed by atoms with Gasteiger partial charge in [0.25, 0.3) is 5.56 Å². The van der Waals surface area contributed by atoms with Crippen molar-refractivity contribution in [2.24, 2.45) is 0 Å². The predicted octanol–water partition coefficient (Wildman–Crippen LogP) is 5.22. The molecule has 0 radical (unpaired) electrons. The molecule has 5 aromatic rings. The zero-order chi connectivity index (χ0) is 22.8. The number of ether oxygens (including phenoxy) is 1. The van der Waals surface area contributed by atoms with E-state index in [1.54, 1.807) is 25.3 Å². The van der Waals surface area contributed by atoms with Crippen LogP contribution in [0.3, 0.4) is 0 Å². The Labute approximate surface area is 195 Å². The highest BCUT2D eigenvalue weighted by molar-refractivity contribution is 6.30. The molecule has 164 valence electrons. The van der Waals surface area contributed by atoms with E-state index in [2.05, 4.69) is 15.6 Å². The summed E-state index contributed by atoms with van der Waals surface area (Å²) in [5.74, 6) is 0.991. The summed E-state index contributed by atoms with van der Waals surface area (Å²) >= 11 is 6.03. The molecule has 2 aromatic carbocycles. The van der Waals surface area contributed by atoms with Crippen molar-refractivity contribution in [2.45, 2.75) is 6.54 Å². The third kappa shape index (κ3) is 4.06. The molecular formula is C26H21ClN4O2. The van der Waals surface area contributed by atoms with Crippen molar-refractivity contribution in [3.63, 3.8) is 0 Å². The molecule has 0 bridgehead atoms. The van der Waals surface area contributed by atoms with Crippen LogP contribution in [-0.2, 0) is 11.3 Å². The van der Waals surface area contributed by atoms with Crippen LogP contribution in [0.2, 0.25) is 5.02 Å². The van der Waals surface area contributed by atoms with Crippen LogP contribution in [0.1, 0.15) is 0 Å². The van der Waals surface area contributed by atoms with Crippen LogP contribution in [0.5, 0.6) is 0 Å². The highest BCUT2D eigenvalue weighted by atomic mass is 35.5. The number of benzene rings is 2. The SMILES string of the molecule is COCCn1cccc1-c1ccc(-c2nc3ccccc3c(=O)n2-c2ccc(Cl)cn2)cc1. The fourth-order valence-corrected chi connectivity index (χ4v) is 4.00. The highest BCUT2D eigenvalue weighted by Crippen LogP contribution is 2.26. The van der Waals surface area contributed by atoms with Crippen LogP contribution in [0, 0.1) is 0 Å². The summed E-state index contributed by atoms with van der Waals surface area (Å²) in [6.45, 7) is 1.41. The Balaban J connectivity index is 1.64. The predicted molar refractivity (Wildman–Crippen MR) is 131 cm³/mol. The van der Waals surface area contributed by atoms with Gasteiger partial charge in [-0.15, -0.1) is 0 Å². The molecule has 0 saturated carbocycles. The minimum Gasteiger partial charge on any atom is -0.383 e. The molecule has 0 saturated heterocycles. The molecule has 6 nitrogen and oxygen atoms in total. The number of nitrogens with zero attached hydrogens (tertiary/aromatic N) is 4. The van der Waals surface area contributed by atoms with Crippen LogP contribution in [0.4, 0.5) is 0 Å². The van der Waals surface area contributed by atoms with Gasteiger partial charge in [-0.05, 0) is 42.0 Å². The van der Waals surface area contributed by atoms with E-state index < -0.39 is 0 Å². The first-order valence-electron chi connectivity index (χ1n) is 10.5. The van der Waals surface area contributed by atoms with E-state index in [1.165, 1.54) is 10.8 Å². The van der Waals surface area contributed by atoms with E-state index in [9.17, 15) is 4.79 Å². The molecule has 0 aliphatic carbocycles. The van der Waals surface area contributed by atoms with Gasteiger partial charge in [0, 0.05) is 37.3 Å². The molecule has 7 heteroatoms. The van der Waals surface area contributed by atoms with E-state index >= 15 is 0 Å². The van der Waals surface area contributed by atoms with Crippen molar-refractivity contribution < 1.29 is 4.74 Å². The lowest BCUT2D eigenvalue weighted by Gasteiger charge is -2.14. The molecule has 0 N–H and O–H groups in total. The molecule has 0 amide bonds. The quantitative estimate of drug-likeness (QED) is 0.351. The third-order valence-corrected chi connectivity index (χ3v) is 5.74. The molecule has 0 aliphatic heterocycles. The fourth-order valence-electron chi connectivity index (χ4n) is 3.89. The van der Waals surface area contributed by atoms with Crippen molar-refractivity contribution in [3.05, 3.63) is 101 Å². The Morgan fingerprint density at radius 3 is 2.48 bits per heavy atom. The van der Waals surface area contributed by atoms with E-state index in [1.807, 2.05) is 54.7 Å². The molecule has 0 fully saturated rings. The fraction of sp³-hybridized carbons (Fsp3) is 0.115. The summed E-state index contributed by atoms with van der Waals surface area (Å²) in [4.78, 5) is 22.6. The van der Waals surface area contributed by atoms with E-state index in [0.29, 0.717) is 34.2 Å². The van der Waals surface area contributed by atoms with E-state index in [-0.39, 0.29) is 5.56 Å². The average Bonchev–Trinajstić information content (AvgIpc) is 3.32. The molecule has 3 aromatic heterocycles. The van der Waals surface area contributed by atoms with Crippen molar-refractivity contribution >= 4 is 22.5 Å². The second-order valence-electron chi connectivity index (χ2n) is 7.58. The Morgan fingerprint density at radius 1 is 0.939 bits per heavy atom. The molecule has 5 rings (SSSR count). The van der Waals surface area contributed by atoms with Crippen LogP contribution in [-0.4, -0.2) is 32.8 Å². The maximum atomic E-state index is 13.4. The van der Waals surface area contributed by atoms with Crippen LogP contribution in [0.25, 0.3) is 39.4 Å². The minimum atomic E-state index is -0.178. The Hall–Kier alpha value is -3.74. The Kier molecular flexibility index (Phi) is 5.77. The van der Waals surface area contributed by atoms with Crippen LogP contribution in [0.15, 0.2) is 90.0 Å². The van der Waals surface area contributed by atoms with Crippen molar-refractivity contribution in [1.82, 2.24) is 19.1 Å². The van der Waals surface area contributed by atoms with Gasteiger partial charge in [0.1, 0.15) is 11.6 Å². The van der Waals surface area contributed by atoms with E-state index in [4.69, 9.17) is 21.3 Å². The maximum Gasteiger partial charge on any atom is 0.267 e. The monoisotopic (exact) mass is 456 g/mol. The van der Waals surface area contributed by atoms with Gasteiger partial charge in [0.2, 0.25) is 0 Å². The third-order valence-electron chi connectivity index (χ3n) is 5.52. The Bertz CT molecular complexity index is 1470. The summed E-state index contributed by atoms with van der Waals surface area (Å²) in [7, 11) is 1.70. The number of halogens is 1. The van der Waals surface area contributed by atoms with Gasteiger partial charge >= 0.3 is 0 Å². The summed E-state index contributed by atoms with van der Waals surface area (Å²) in [6.07, 6.45) is 3.57. The number of pyridine rings is 1. The second kappa shape index (κ2) is 9.02. The normalized spacial score (nSPS) is 11.2. The molecule has 0 aliphatic rings. The first-order valence-corrected chi connectivity index (χ1v) is 10.9. The van der Waals surface area contributed by atoms with Gasteiger partial charge in [-0.2, -0.15) is 0 Å². The summed E-state index contributed by atoms with van der Waals surface area (Å²) in [6, 6.07) is 22.9. The molecule has 0 unspecified atom stereocenters. The summed E-state index contributed by atoms with van der Waals surface area (Å²) < 4.78 is 8.91. The minimum absolute atomic E-state index is 0.178. The first-order chi connectivity index (χ1) is 16.2. The standard InChI is InChI=1S/C26H21ClN4O2/c1-33-16-15-30-14-4-7-23(30)18-8-10-19(11-9-18)25-29-22-6-3-2-5-21(22)26(32)31(25)24-13-12-20(27)17-28-24/h2-14,17H,15-16H2,1H3. The first kappa shape index (κ1) is 21.1. The largest absolute Gasteiger partial charge is 0.383 e. The molecular weight excluding hydrogens is 436 g/mol. The van der Waals surface area contributed by atoms with Gasteiger partial charge in [0.15, 0.2) is 0 Å². The lowest BCUT2D eigenvalue weighted by molar-refractivity contribution is 0.188. The Morgan fingerprint density at radius 2 is 1.73 bits per heavy atom. The maximum absolute atomic E-state index is 13.4. The van der Waals surface area contributed by atoms with Crippen molar-refractivity contribution in [2.75, 3.05) is 13.7 Å². The number of fused-ring (bicyclic) bond motifs is 1. The topological polar surface area (TPSA) is 61.9 Å². The molecule has 33 heavy (non-hydrogen) atoms. The summed E-state index contributed by atoms with van der Waals surface area (Å²) in [5.41, 5.74) is 3.44. The van der Waals surface area contributed by atoms with Crippen LogP contribution >= 0.6 is 11.6 Å². The van der Waals surface area contributed by atoms with E-state index in [0.717, 1.165) is 23.4 Å². The molecule has 0 atom stereocenters. The number of hydrogen-bond donors (Lipinski definition) is 0. The van der Waals surface area contributed by atoms with Gasteiger partial charge in [-0.3, -0.25) is 4.79 Å². The van der Waals surface area contributed by atoms with Crippen LogP contribution < -0.4 is 5.56 Å². The number of hydrogen-bond acceptors (Lipinski definition) is 4. The smallest absolute Gasteiger partial charge is 0.267 e. The van der Waals surface area contributed by atoms with Gasteiger partial charge in [-0.25, -0.2) is 14.5 Å².